The van der Waals surface area contributed by atoms with Crippen LogP contribution < -0.4 is 0 Å². The van der Waals surface area contributed by atoms with Crippen LogP contribution in [-0.2, 0) is 16.6 Å². The fourth-order valence-electron chi connectivity index (χ4n) is 3.51. The van der Waals surface area contributed by atoms with Crippen LogP contribution in [0.25, 0.3) is 0 Å². The number of carbonyl (C=O) groups excluding carboxylic acids is 2. The summed E-state index contributed by atoms with van der Waals surface area (Å²) >= 11 is 0.449. The van der Waals surface area contributed by atoms with Crippen LogP contribution in [0.5, 0.6) is 0 Å². The topological polar surface area (TPSA) is 52.6 Å². The first-order valence-electron chi connectivity index (χ1n) is 12.6. The Labute approximate surface area is 198 Å². The van der Waals surface area contributed by atoms with Crippen molar-refractivity contribution < 1.29 is 16.6 Å². The molecule has 0 aromatic heterocycles. The molecule has 0 atom stereocenters. The molecule has 0 aromatic rings. The zero-order chi connectivity index (χ0) is 22.3. The van der Waals surface area contributed by atoms with E-state index in [2.05, 4.69) is 27.4 Å². The van der Waals surface area contributed by atoms with E-state index in [0.29, 0.717) is 12.8 Å². The minimum Gasteiger partial charge on any atom is -0.0654 e. The second kappa shape index (κ2) is 23.7. The normalized spacial score (nSPS) is 10.8. The van der Waals surface area contributed by atoms with Crippen molar-refractivity contribution in [2.75, 3.05) is 0 Å². The standard InChI is InChI=1S/2C12H24O2.BrH.Ga/c2*1-2-3-4-5-6-7-8-9-10-11-12(13)14;;/h2*2-11H2,1H3,(H,13,14);1H;/q;;;+3/p-3. The summed E-state index contributed by atoms with van der Waals surface area (Å²) in [5.41, 5.74) is 0. The van der Waals surface area contributed by atoms with E-state index in [4.69, 9.17) is 7.06 Å². The Bertz CT molecular complexity index is 371. The molecular formula is C24H46BrGaO4. The molecule has 0 rings (SSSR count). The van der Waals surface area contributed by atoms with Gasteiger partial charge in [0.05, 0.1) is 0 Å². The molecule has 0 aliphatic heterocycles. The van der Waals surface area contributed by atoms with Crippen molar-refractivity contribution in [2.45, 2.75) is 142 Å². The van der Waals surface area contributed by atoms with E-state index in [0.717, 1.165) is 25.7 Å². The summed E-state index contributed by atoms with van der Waals surface area (Å²) in [5, 5.41) is 0. The van der Waals surface area contributed by atoms with Crippen LogP contribution in [0, 0.1) is 0 Å². The van der Waals surface area contributed by atoms with E-state index >= 15 is 0 Å². The molecule has 0 saturated carbocycles. The second-order valence-electron chi connectivity index (χ2n) is 8.41. The van der Waals surface area contributed by atoms with Crippen molar-refractivity contribution >= 4 is 40.5 Å². The van der Waals surface area contributed by atoms with Gasteiger partial charge < -0.3 is 0 Å². The minimum absolute atomic E-state index is 0.226. The van der Waals surface area contributed by atoms with Crippen LogP contribution in [0.3, 0.4) is 0 Å². The van der Waals surface area contributed by atoms with Gasteiger partial charge in [0.15, 0.2) is 0 Å². The van der Waals surface area contributed by atoms with E-state index in [9.17, 15) is 9.59 Å². The van der Waals surface area contributed by atoms with Gasteiger partial charge in [0.25, 0.3) is 0 Å². The quantitative estimate of drug-likeness (QED) is 0.101. The zero-order valence-electron chi connectivity index (χ0n) is 19.7. The Kier molecular flexibility index (Phi) is 23.8. The van der Waals surface area contributed by atoms with Gasteiger partial charge in [0, 0.05) is 0 Å². The fraction of sp³-hybridized carbons (Fsp3) is 0.917. The van der Waals surface area contributed by atoms with E-state index in [1.165, 1.54) is 89.9 Å². The Hall–Kier alpha value is 0.0564. The summed E-state index contributed by atoms with van der Waals surface area (Å²) in [6.45, 7) is 4.47. The summed E-state index contributed by atoms with van der Waals surface area (Å²) in [5.74, 6) is -0.452. The maximum absolute atomic E-state index is 11.9. The molecule has 0 heterocycles. The number of rotatable bonds is 22. The summed E-state index contributed by atoms with van der Waals surface area (Å²) in [6, 6.07) is 0. The molecule has 0 aliphatic carbocycles. The van der Waals surface area contributed by atoms with Gasteiger partial charge in [0.1, 0.15) is 0 Å². The van der Waals surface area contributed by atoms with Gasteiger partial charge >= 0.3 is 186 Å². The average molecular weight is 548 g/mol. The third kappa shape index (κ3) is 22.7. The third-order valence-electron chi connectivity index (χ3n) is 5.42. The van der Waals surface area contributed by atoms with Gasteiger partial charge in [-0.3, -0.25) is 0 Å². The number of unbranched alkanes of at least 4 members (excludes halogenated alkanes) is 16. The molecule has 0 bridgehead atoms. The van der Waals surface area contributed by atoms with Gasteiger partial charge in [-0.2, -0.15) is 0 Å². The van der Waals surface area contributed by atoms with Gasteiger partial charge in [0.2, 0.25) is 0 Å². The molecule has 4 nitrogen and oxygen atoms in total. The number of hydrogen-bond donors (Lipinski definition) is 0. The van der Waals surface area contributed by atoms with Gasteiger partial charge in [-0.15, -0.1) is 0 Å². The van der Waals surface area contributed by atoms with Crippen LogP contribution >= 0.6 is 13.6 Å². The summed E-state index contributed by atoms with van der Waals surface area (Å²) < 4.78 is 10.6. The van der Waals surface area contributed by atoms with Crippen molar-refractivity contribution in [1.29, 1.82) is 0 Å². The Morgan fingerprint density at radius 2 is 0.800 bits per heavy atom. The molecule has 0 amide bonds. The second-order valence-corrected chi connectivity index (χ2v) is 14.4. The molecule has 30 heavy (non-hydrogen) atoms. The van der Waals surface area contributed by atoms with Gasteiger partial charge in [-0.25, -0.2) is 0 Å². The molecule has 0 radical (unpaired) electrons. The van der Waals surface area contributed by atoms with Crippen molar-refractivity contribution in [3.63, 3.8) is 0 Å². The predicted octanol–water partition coefficient (Wildman–Crippen LogP) is 8.29. The van der Waals surface area contributed by atoms with Crippen molar-refractivity contribution in [3.05, 3.63) is 0 Å². The van der Waals surface area contributed by atoms with Gasteiger partial charge in [-0.05, 0) is 0 Å². The summed E-state index contributed by atoms with van der Waals surface area (Å²) in [4.78, 5) is 23.7. The smallest absolute Gasteiger partial charge is 0.0654 e. The van der Waals surface area contributed by atoms with E-state index in [1.54, 1.807) is 0 Å². The minimum atomic E-state index is -2.86. The molecule has 0 fully saturated rings. The van der Waals surface area contributed by atoms with Gasteiger partial charge in [-0.1, -0.05) is 13.8 Å². The van der Waals surface area contributed by atoms with E-state index in [1.807, 2.05) is 0 Å². The average Bonchev–Trinajstić information content (AvgIpc) is 2.71. The first kappa shape index (κ1) is 30.1. The Morgan fingerprint density at radius 3 is 1.10 bits per heavy atom. The number of carbonyl (C=O) groups is 2. The molecule has 0 saturated heterocycles. The monoisotopic (exact) mass is 546 g/mol. The molecular weight excluding hydrogens is 502 g/mol. The Balaban J connectivity index is 3.48. The van der Waals surface area contributed by atoms with Crippen LogP contribution in [0.15, 0.2) is 0 Å². The zero-order valence-corrected chi connectivity index (χ0v) is 23.7. The summed E-state index contributed by atoms with van der Waals surface area (Å²) in [7, 11) is 0. The fourth-order valence-corrected chi connectivity index (χ4v) is 7.14. The van der Waals surface area contributed by atoms with E-state index < -0.39 is 15.0 Å². The molecule has 0 aromatic carbocycles. The molecule has 0 aliphatic rings. The van der Waals surface area contributed by atoms with E-state index in [-0.39, 0.29) is 11.9 Å². The van der Waals surface area contributed by atoms with Crippen LogP contribution in [0.1, 0.15) is 142 Å². The first-order chi connectivity index (χ1) is 14.6. The van der Waals surface area contributed by atoms with Crippen LogP contribution in [0.4, 0.5) is 0 Å². The number of halogens is 1. The SMILES string of the molecule is CCCCCCCCCCCC(=O)[O][Ga]([Br])[O]C(=O)CCCCCCCCCCC. The summed E-state index contributed by atoms with van der Waals surface area (Å²) in [6.07, 6.45) is 22.8. The first-order valence-corrected chi connectivity index (χ1v) is 20.3. The third-order valence-corrected chi connectivity index (χ3v) is 9.24. The van der Waals surface area contributed by atoms with Crippen molar-refractivity contribution in [3.8, 4) is 0 Å². The number of hydrogen-bond acceptors (Lipinski definition) is 4. The molecule has 0 N–H and O–H groups in total. The Morgan fingerprint density at radius 1 is 0.533 bits per heavy atom. The molecule has 0 unspecified atom stereocenters. The van der Waals surface area contributed by atoms with Crippen molar-refractivity contribution in [2.24, 2.45) is 0 Å². The molecule has 6 heteroatoms. The van der Waals surface area contributed by atoms with Crippen LogP contribution in [-0.4, -0.2) is 26.9 Å². The van der Waals surface area contributed by atoms with Crippen LogP contribution in [0.2, 0.25) is 0 Å². The van der Waals surface area contributed by atoms with Crippen molar-refractivity contribution in [1.82, 2.24) is 0 Å². The maximum atomic E-state index is 11.9. The molecule has 0 spiro atoms. The molecule has 176 valence electrons. The predicted molar refractivity (Wildman–Crippen MR) is 131 cm³/mol.